The molecule has 1 fully saturated rings. The Kier molecular flexibility index (Phi) is 5.32. The van der Waals surface area contributed by atoms with Gasteiger partial charge in [-0.1, -0.05) is 32.6 Å². The molecule has 1 aromatic rings. The SMILES string of the molecule is COC(=O)c1cncc(NCCC2CCC(C)CC2)n1. The third-order valence-corrected chi connectivity index (χ3v) is 4.02. The summed E-state index contributed by atoms with van der Waals surface area (Å²) in [6.45, 7) is 3.21. The molecule has 0 bridgehead atoms. The molecule has 5 nitrogen and oxygen atoms in total. The highest BCUT2D eigenvalue weighted by Crippen LogP contribution is 2.30. The summed E-state index contributed by atoms with van der Waals surface area (Å²) in [5.41, 5.74) is 0.240. The van der Waals surface area contributed by atoms with Gasteiger partial charge in [0.25, 0.3) is 0 Å². The standard InChI is InChI=1S/C15H23N3O2/c1-11-3-5-12(6-4-11)7-8-17-14-10-16-9-13(18-14)15(19)20-2/h9-12H,3-8H2,1-2H3,(H,17,18). The second-order valence-corrected chi connectivity index (χ2v) is 5.62. The van der Waals surface area contributed by atoms with E-state index in [0.29, 0.717) is 5.82 Å². The van der Waals surface area contributed by atoms with Crippen LogP contribution in [0, 0.1) is 11.8 Å². The van der Waals surface area contributed by atoms with Crippen LogP contribution < -0.4 is 5.32 Å². The maximum Gasteiger partial charge on any atom is 0.358 e. The van der Waals surface area contributed by atoms with Gasteiger partial charge in [0.2, 0.25) is 0 Å². The maximum atomic E-state index is 11.4. The molecule has 110 valence electrons. The number of esters is 1. The predicted molar refractivity (Wildman–Crippen MR) is 77.6 cm³/mol. The normalized spacial score (nSPS) is 22.3. The Balaban J connectivity index is 1.78. The smallest absolute Gasteiger partial charge is 0.358 e. The van der Waals surface area contributed by atoms with Crippen molar-refractivity contribution in [1.82, 2.24) is 9.97 Å². The molecule has 0 radical (unpaired) electrons. The molecule has 0 unspecified atom stereocenters. The minimum atomic E-state index is -0.456. The summed E-state index contributed by atoms with van der Waals surface area (Å²) in [5, 5.41) is 3.24. The highest BCUT2D eigenvalue weighted by molar-refractivity contribution is 5.87. The molecular weight excluding hydrogens is 254 g/mol. The first-order valence-electron chi connectivity index (χ1n) is 7.33. The molecule has 1 aliphatic rings. The molecule has 0 atom stereocenters. The molecule has 1 saturated carbocycles. The van der Waals surface area contributed by atoms with E-state index in [4.69, 9.17) is 0 Å². The first kappa shape index (κ1) is 14.8. The van der Waals surface area contributed by atoms with E-state index < -0.39 is 5.97 Å². The summed E-state index contributed by atoms with van der Waals surface area (Å²) in [4.78, 5) is 19.6. The number of hydrogen-bond acceptors (Lipinski definition) is 5. The van der Waals surface area contributed by atoms with Crippen LogP contribution >= 0.6 is 0 Å². The van der Waals surface area contributed by atoms with Crippen LogP contribution in [0.1, 0.15) is 49.5 Å². The third kappa shape index (κ3) is 4.18. The molecule has 5 heteroatoms. The quantitative estimate of drug-likeness (QED) is 0.838. The Hall–Kier alpha value is -1.65. The van der Waals surface area contributed by atoms with Crippen LogP contribution in [0.2, 0.25) is 0 Å². The van der Waals surface area contributed by atoms with E-state index >= 15 is 0 Å². The number of nitrogens with one attached hydrogen (secondary N) is 1. The van der Waals surface area contributed by atoms with Gasteiger partial charge in [-0.3, -0.25) is 4.98 Å². The fourth-order valence-corrected chi connectivity index (χ4v) is 2.68. The van der Waals surface area contributed by atoms with Gasteiger partial charge in [0, 0.05) is 6.54 Å². The molecular formula is C15H23N3O2. The Morgan fingerprint density at radius 1 is 1.35 bits per heavy atom. The Morgan fingerprint density at radius 3 is 2.80 bits per heavy atom. The second-order valence-electron chi connectivity index (χ2n) is 5.62. The zero-order chi connectivity index (χ0) is 14.4. The van der Waals surface area contributed by atoms with E-state index in [9.17, 15) is 4.79 Å². The Labute approximate surface area is 120 Å². The topological polar surface area (TPSA) is 64.1 Å². The van der Waals surface area contributed by atoms with Crippen molar-refractivity contribution >= 4 is 11.8 Å². The molecule has 0 amide bonds. The summed E-state index contributed by atoms with van der Waals surface area (Å²) >= 11 is 0. The monoisotopic (exact) mass is 277 g/mol. The molecule has 0 aromatic carbocycles. The van der Waals surface area contributed by atoms with Gasteiger partial charge in [0.15, 0.2) is 5.69 Å². The molecule has 20 heavy (non-hydrogen) atoms. The molecule has 2 rings (SSSR count). The summed E-state index contributed by atoms with van der Waals surface area (Å²) in [5.74, 6) is 1.89. The van der Waals surface area contributed by atoms with E-state index in [1.165, 1.54) is 39.0 Å². The van der Waals surface area contributed by atoms with Crippen LogP contribution in [0.4, 0.5) is 5.82 Å². The van der Waals surface area contributed by atoms with E-state index in [1.54, 1.807) is 6.20 Å². The summed E-state index contributed by atoms with van der Waals surface area (Å²) in [7, 11) is 1.34. The van der Waals surface area contributed by atoms with Gasteiger partial charge in [-0.05, 0) is 18.3 Å². The number of aromatic nitrogens is 2. The van der Waals surface area contributed by atoms with E-state index in [0.717, 1.165) is 24.8 Å². The number of rotatable bonds is 5. The largest absolute Gasteiger partial charge is 0.464 e. The summed E-state index contributed by atoms with van der Waals surface area (Å²) in [6.07, 6.45) is 9.56. The number of hydrogen-bond donors (Lipinski definition) is 1. The molecule has 0 spiro atoms. The van der Waals surface area contributed by atoms with Gasteiger partial charge in [-0.15, -0.1) is 0 Å². The lowest BCUT2D eigenvalue weighted by Crippen LogP contribution is -2.16. The average Bonchev–Trinajstić information content (AvgIpc) is 2.49. The number of nitrogens with zero attached hydrogens (tertiary/aromatic N) is 2. The van der Waals surface area contributed by atoms with Gasteiger partial charge in [0.1, 0.15) is 5.82 Å². The van der Waals surface area contributed by atoms with Gasteiger partial charge in [-0.25, -0.2) is 9.78 Å². The third-order valence-electron chi connectivity index (χ3n) is 4.02. The molecule has 0 aliphatic heterocycles. The van der Waals surface area contributed by atoms with Crippen molar-refractivity contribution in [3.8, 4) is 0 Å². The highest BCUT2D eigenvalue weighted by atomic mass is 16.5. The second kappa shape index (κ2) is 7.22. The van der Waals surface area contributed by atoms with Crippen LogP contribution in [0.3, 0.4) is 0 Å². The molecule has 1 heterocycles. The zero-order valence-corrected chi connectivity index (χ0v) is 12.3. The van der Waals surface area contributed by atoms with Gasteiger partial charge in [0.05, 0.1) is 19.5 Å². The van der Waals surface area contributed by atoms with E-state index in [-0.39, 0.29) is 5.69 Å². The Bertz CT molecular complexity index is 442. The van der Waals surface area contributed by atoms with Gasteiger partial charge < -0.3 is 10.1 Å². The molecule has 1 aliphatic carbocycles. The van der Waals surface area contributed by atoms with Crippen LogP contribution in [0.25, 0.3) is 0 Å². The maximum absolute atomic E-state index is 11.4. The van der Waals surface area contributed by atoms with Crippen molar-refractivity contribution in [1.29, 1.82) is 0 Å². The van der Waals surface area contributed by atoms with Gasteiger partial charge >= 0.3 is 5.97 Å². The number of ether oxygens (including phenoxy) is 1. The van der Waals surface area contributed by atoms with Crippen molar-refractivity contribution in [2.75, 3.05) is 19.0 Å². The van der Waals surface area contributed by atoms with Crippen molar-refractivity contribution in [2.45, 2.75) is 39.0 Å². The number of anilines is 1. The summed E-state index contributed by atoms with van der Waals surface area (Å²) in [6, 6.07) is 0. The number of carbonyl (C=O) groups is 1. The highest BCUT2D eigenvalue weighted by Gasteiger charge is 2.17. The molecule has 0 saturated heterocycles. The van der Waals surface area contributed by atoms with Crippen LogP contribution in [-0.2, 0) is 4.74 Å². The first-order chi connectivity index (χ1) is 9.69. The average molecular weight is 277 g/mol. The van der Waals surface area contributed by atoms with Gasteiger partial charge in [-0.2, -0.15) is 0 Å². The first-order valence-corrected chi connectivity index (χ1v) is 7.33. The van der Waals surface area contributed by atoms with Crippen molar-refractivity contribution < 1.29 is 9.53 Å². The van der Waals surface area contributed by atoms with Crippen molar-refractivity contribution in [3.05, 3.63) is 18.1 Å². The predicted octanol–water partition coefficient (Wildman–Crippen LogP) is 2.89. The lowest BCUT2D eigenvalue weighted by molar-refractivity contribution is 0.0593. The molecule has 1 N–H and O–H groups in total. The minimum absolute atomic E-state index is 0.240. The lowest BCUT2D eigenvalue weighted by atomic mass is 9.81. The van der Waals surface area contributed by atoms with Crippen molar-refractivity contribution in [2.24, 2.45) is 11.8 Å². The van der Waals surface area contributed by atoms with E-state index in [1.807, 2.05) is 0 Å². The fourth-order valence-electron chi connectivity index (χ4n) is 2.68. The zero-order valence-electron chi connectivity index (χ0n) is 12.3. The number of methoxy groups -OCH3 is 1. The minimum Gasteiger partial charge on any atom is -0.464 e. The van der Waals surface area contributed by atoms with E-state index in [2.05, 4.69) is 26.9 Å². The summed E-state index contributed by atoms with van der Waals surface area (Å²) < 4.78 is 4.63. The lowest BCUT2D eigenvalue weighted by Gasteiger charge is -2.26. The number of carbonyl (C=O) groups excluding carboxylic acids is 1. The van der Waals surface area contributed by atoms with Crippen molar-refractivity contribution in [3.63, 3.8) is 0 Å². The fraction of sp³-hybridized carbons (Fsp3) is 0.667. The Morgan fingerprint density at radius 2 is 2.10 bits per heavy atom. The van der Waals surface area contributed by atoms with Crippen LogP contribution in [0.5, 0.6) is 0 Å². The van der Waals surface area contributed by atoms with Crippen LogP contribution in [-0.4, -0.2) is 29.6 Å². The van der Waals surface area contributed by atoms with Crippen LogP contribution in [0.15, 0.2) is 12.4 Å². The molecule has 1 aromatic heterocycles.